The van der Waals surface area contributed by atoms with Crippen molar-refractivity contribution in [3.05, 3.63) is 0 Å². The first kappa shape index (κ1) is 10.3. The molecule has 0 aliphatic carbocycles. The zero-order chi connectivity index (χ0) is 9.68. The maximum absolute atomic E-state index is 11.4. The molecule has 0 spiro atoms. The molecule has 0 aromatic heterocycles. The molecule has 0 bridgehead atoms. The molecule has 0 saturated carbocycles. The Balaban J connectivity index is 2.28. The second-order valence-electron chi connectivity index (χ2n) is 3.36. The fraction of sp³-hybridized carbons (Fsp3) is 0.889. The molecule has 1 N–H and O–H groups in total. The molecule has 4 heteroatoms. The molecule has 1 saturated heterocycles. The highest BCUT2D eigenvalue weighted by Crippen LogP contribution is 2.10. The fourth-order valence-corrected chi connectivity index (χ4v) is 1.35. The smallest absolute Gasteiger partial charge is 0.317 e. The minimum atomic E-state index is 0.0114. The van der Waals surface area contributed by atoms with Crippen molar-refractivity contribution in [1.29, 1.82) is 0 Å². The third kappa shape index (κ3) is 2.88. The summed E-state index contributed by atoms with van der Waals surface area (Å²) in [5, 5.41) is 2.84. The van der Waals surface area contributed by atoms with Crippen LogP contribution in [0.4, 0.5) is 4.79 Å². The van der Waals surface area contributed by atoms with Crippen molar-refractivity contribution in [2.75, 3.05) is 26.8 Å². The van der Waals surface area contributed by atoms with E-state index in [9.17, 15) is 4.79 Å². The molecule has 1 atom stereocenters. The lowest BCUT2D eigenvalue weighted by molar-refractivity contribution is 0.158. The molecule has 1 fully saturated rings. The molecule has 1 unspecified atom stereocenters. The first-order valence-electron chi connectivity index (χ1n) is 4.84. The van der Waals surface area contributed by atoms with Gasteiger partial charge in [0.05, 0.1) is 12.6 Å². The molecule has 1 heterocycles. The summed E-state index contributed by atoms with van der Waals surface area (Å²) in [4.78, 5) is 13.2. The van der Waals surface area contributed by atoms with Crippen molar-refractivity contribution in [2.45, 2.75) is 25.8 Å². The van der Waals surface area contributed by atoms with Crippen LogP contribution in [-0.4, -0.2) is 43.8 Å². The van der Waals surface area contributed by atoms with Gasteiger partial charge in [0.15, 0.2) is 0 Å². The van der Waals surface area contributed by atoms with E-state index < -0.39 is 0 Å². The van der Waals surface area contributed by atoms with Crippen LogP contribution in [0.15, 0.2) is 0 Å². The van der Waals surface area contributed by atoms with E-state index in [-0.39, 0.29) is 12.1 Å². The lowest BCUT2D eigenvalue weighted by Crippen LogP contribution is -2.44. The van der Waals surface area contributed by atoms with Gasteiger partial charge in [0.25, 0.3) is 0 Å². The van der Waals surface area contributed by atoms with Crippen LogP contribution in [0.5, 0.6) is 0 Å². The van der Waals surface area contributed by atoms with Gasteiger partial charge in [0.2, 0.25) is 0 Å². The number of amides is 2. The Bertz CT molecular complexity index is 167. The number of rotatable bonds is 3. The van der Waals surface area contributed by atoms with Crippen LogP contribution < -0.4 is 5.32 Å². The van der Waals surface area contributed by atoms with Gasteiger partial charge in [-0.3, -0.25) is 0 Å². The molecule has 4 nitrogen and oxygen atoms in total. The highest BCUT2D eigenvalue weighted by atomic mass is 16.5. The molecule has 1 aliphatic heterocycles. The zero-order valence-corrected chi connectivity index (χ0v) is 8.38. The summed E-state index contributed by atoms with van der Waals surface area (Å²) in [6.07, 6.45) is 1.93. The van der Waals surface area contributed by atoms with Crippen molar-refractivity contribution >= 4 is 6.03 Å². The molecule has 0 aromatic rings. The molecular formula is C9H18N2O2. The van der Waals surface area contributed by atoms with Crippen molar-refractivity contribution in [3.8, 4) is 0 Å². The van der Waals surface area contributed by atoms with E-state index >= 15 is 0 Å². The molecule has 0 radical (unpaired) electrons. The summed E-state index contributed by atoms with van der Waals surface area (Å²) < 4.78 is 5.21. The van der Waals surface area contributed by atoms with Gasteiger partial charge in [-0.1, -0.05) is 6.92 Å². The first-order valence-corrected chi connectivity index (χ1v) is 4.84. The van der Waals surface area contributed by atoms with E-state index in [4.69, 9.17) is 4.74 Å². The quantitative estimate of drug-likeness (QED) is 0.709. The second-order valence-corrected chi connectivity index (χ2v) is 3.36. The van der Waals surface area contributed by atoms with Crippen molar-refractivity contribution < 1.29 is 9.53 Å². The van der Waals surface area contributed by atoms with Crippen LogP contribution in [-0.2, 0) is 4.74 Å². The molecule has 0 aromatic carbocycles. The van der Waals surface area contributed by atoms with Gasteiger partial charge in [0, 0.05) is 20.2 Å². The lowest BCUT2D eigenvalue weighted by Gasteiger charge is -2.23. The Morgan fingerprint density at radius 2 is 2.46 bits per heavy atom. The molecular weight excluding hydrogens is 168 g/mol. The lowest BCUT2D eigenvalue weighted by atomic mass is 10.2. The molecule has 1 aliphatic rings. The number of urea groups is 1. The van der Waals surface area contributed by atoms with Gasteiger partial charge in [-0.15, -0.1) is 0 Å². The molecule has 76 valence electrons. The Morgan fingerprint density at radius 1 is 1.69 bits per heavy atom. The summed E-state index contributed by atoms with van der Waals surface area (Å²) in [7, 11) is 1.82. The Hall–Kier alpha value is -0.770. The topological polar surface area (TPSA) is 41.6 Å². The number of ether oxygens (including phenoxy) is 1. The summed E-state index contributed by atoms with van der Waals surface area (Å²) in [5.74, 6) is 0. The van der Waals surface area contributed by atoms with Crippen molar-refractivity contribution in [1.82, 2.24) is 10.2 Å². The molecule has 13 heavy (non-hydrogen) atoms. The van der Waals surface area contributed by atoms with Gasteiger partial charge in [-0.05, 0) is 12.8 Å². The third-order valence-corrected chi connectivity index (χ3v) is 2.30. The van der Waals surface area contributed by atoms with Crippen LogP contribution in [0.3, 0.4) is 0 Å². The Labute approximate surface area is 79.2 Å². The van der Waals surface area contributed by atoms with E-state index in [1.54, 1.807) is 4.90 Å². The summed E-state index contributed by atoms with van der Waals surface area (Å²) >= 11 is 0. The predicted octanol–water partition coefficient (Wildman–Crippen LogP) is 0.827. The van der Waals surface area contributed by atoms with E-state index in [0.717, 1.165) is 26.0 Å². The van der Waals surface area contributed by atoms with Crippen LogP contribution in [0.1, 0.15) is 19.8 Å². The van der Waals surface area contributed by atoms with E-state index in [1.165, 1.54) is 0 Å². The predicted molar refractivity (Wildman–Crippen MR) is 50.7 cm³/mol. The standard InChI is InChI=1S/C9H18N2O2/c1-3-5-10-9(12)11(2)8-4-6-13-7-8/h8H,3-7H2,1-2H3,(H,10,12). The monoisotopic (exact) mass is 186 g/mol. The van der Waals surface area contributed by atoms with Crippen LogP contribution in [0, 0.1) is 0 Å². The average Bonchev–Trinajstić information content (AvgIpc) is 2.65. The zero-order valence-electron chi connectivity index (χ0n) is 8.38. The first-order chi connectivity index (χ1) is 6.25. The summed E-state index contributed by atoms with van der Waals surface area (Å²) in [6, 6.07) is 0.272. The minimum absolute atomic E-state index is 0.0114. The largest absolute Gasteiger partial charge is 0.379 e. The Kier molecular flexibility index (Phi) is 4.02. The molecule has 1 rings (SSSR count). The number of hydrogen-bond acceptors (Lipinski definition) is 2. The fourth-order valence-electron chi connectivity index (χ4n) is 1.35. The molecule has 2 amide bonds. The third-order valence-electron chi connectivity index (χ3n) is 2.30. The highest BCUT2D eigenvalue weighted by Gasteiger charge is 2.23. The van der Waals surface area contributed by atoms with Crippen molar-refractivity contribution in [2.24, 2.45) is 0 Å². The second kappa shape index (κ2) is 5.07. The van der Waals surface area contributed by atoms with E-state index in [2.05, 4.69) is 5.32 Å². The average molecular weight is 186 g/mol. The minimum Gasteiger partial charge on any atom is -0.379 e. The van der Waals surface area contributed by atoms with Gasteiger partial charge in [0.1, 0.15) is 0 Å². The van der Waals surface area contributed by atoms with E-state index in [1.807, 2.05) is 14.0 Å². The number of nitrogens with one attached hydrogen (secondary N) is 1. The SMILES string of the molecule is CCCNC(=O)N(C)C1CCOC1. The summed E-state index contributed by atoms with van der Waals surface area (Å²) in [5.41, 5.74) is 0. The number of nitrogens with zero attached hydrogens (tertiary/aromatic N) is 1. The number of carbonyl (C=O) groups excluding carboxylic acids is 1. The number of likely N-dealkylation sites (N-methyl/N-ethyl adjacent to an activating group) is 1. The Morgan fingerprint density at radius 3 is 3.00 bits per heavy atom. The number of carbonyl (C=O) groups is 1. The van der Waals surface area contributed by atoms with Gasteiger partial charge in [-0.2, -0.15) is 0 Å². The normalized spacial score (nSPS) is 21.5. The maximum Gasteiger partial charge on any atom is 0.317 e. The maximum atomic E-state index is 11.4. The van der Waals surface area contributed by atoms with E-state index in [0.29, 0.717) is 6.61 Å². The number of hydrogen-bond donors (Lipinski definition) is 1. The van der Waals surface area contributed by atoms with Crippen molar-refractivity contribution in [3.63, 3.8) is 0 Å². The highest BCUT2D eigenvalue weighted by molar-refractivity contribution is 5.74. The van der Waals surface area contributed by atoms with Gasteiger partial charge < -0.3 is 15.0 Å². The van der Waals surface area contributed by atoms with Gasteiger partial charge >= 0.3 is 6.03 Å². The van der Waals surface area contributed by atoms with Crippen LogP contribution >= 0.6 is 0 Å². The van der Waals surface area contributed by atoms with Crippen LogP contribution in [0.25, 0.3) is 0 Å². The summed E-state index contributed by atoms with van der Waals surface area (Å²) in [6.45, 7) is 4.24. The van der Waals surface area contributed by atoms with Crippen LogP contribution in [0.2, 0.25) is 0 Å². The van der Waals surface area contributed by atoms with Gasteiger partial charge in [-0.25, -0.2) is 4.79 Å².